The van der Waals surface area contributed by atoms with E-state index >= 15 is 0 Å². The van der Waals surface area contributed by atoms with Crippen LogP contribution in [-0.4, -0.2) is 12.8 Å². The van der Waals surface area contributed by atoms with Crippen LogP contribution in [0.1, 0.15) is 61.0 Å². The van der Waals surface area contributed by atoms with Crippen LogP contribution in [0.2, 0.25) is 0 Å². The summed E-state index contributed by atoms with van der Waals surface area (Å²) in [5.74, 6) is 0.181. The van der Waals surface area contributed by atoms with E-state index in [1.165, 1.54) is 16.9 Å². The lowest BCUT2D eigenvalue weighted by Gasteiger charge is -2.31. The van der Waals surface area contributed by atoms with Crippen molar-refractivity contribution in [3.05, 3.63) is 76.5 Å². The first-order valence-corrected chi connectivity index (χ1v) is 10.5. The van der Waals surface area contributed by atoms with E-state index < -0.39 is 0 Å². The third-order valence-corrected chi connectivity index (χ3v) is 6.10. The Bertz CT molecular complexity index is 933. The molecule has 0 N–H and O–H groups in total. The molecule has 0 fully saturated rings. The van der Waals surface area contributed by atoms with Gasteiger partial charge in [0, 0.05) is 35.0 Å². The molecular formula is C27H35NO. The number of nitrogens with zero attached hydrogens (tertiary/aromatic N) is 1. The number of carbonyl (C=O) groups excluding carboxylic acids is 1. The predicted molar refractivity (Wildman–Crippen MR) is 124 cm³/mol. The first-order valence-electron chi connectivity index (χ1n) is 10.5. The Kier molecular flexibility index (Phi) is 5.06. The van der Waals surface area contributed by atoms with Crippen LogP contribution in [0.15, 0.2) is 71.0 Å². The Hall–Kier alpha value is -2.35. The van der Waals surface area contributed by atoms with Crippen molar-refractivity contribution >= 4 is 11.5 Å². The van der Waals surface area contributed by atoms with Gasteiger partial charge in [0.25, 0.3) is 0 Å². The van der Waals surface area contributed by atoms with Crippen molar-refractivity contribution in [1.29, 1.82) is 0 Å². The molecule has 1 aliphatic heterocycles. The molecule has 2 heteroatoms. The monoisotopic (exact) mass is 389 g/mol. The number of benzene rings is 1. The van der Waals surface area contributed by atoms with E-state index in [0.29, 0.717) is 0 Å². The van der Waals surface area contributed by atoms with Gasteiger partial charge in [-0.15, -0.1) is 0 Å². The normalized spacial score (nSPS) is 20.6. The number of fused-ring (bicyclic) bond motifs is 1. The highest BCUT2D eigenvalue weighted by Gasteiger charge is 2.38. The van der Waals surface area contributed by atoms with E-state index in [-0.39, 0.29) is 22.0 Å². The molecule has 0 spiro atoms. The average molecular weight is 390 g/mol. The van der Waals surface area contributed by atoms with Crippen molar-refractivity contribution < 1.29 is 4.79 Å². The summed E-state index contributed by atoms with van der Waals surface area (Å²) >= 11 is 0. The zero-order chi connectivity index (χ0) is 21.8. The van der Waals surface area contributed by atoms with E-state index in [1.807, 2.05) is 0 Å². The maximum Gasteiger partial charge on any atom is 0.186 e. The molecule has 1 aromatic carbocycles. The molecule has 0 aromatic heterocycles. The van der Waals surface area contributed by atoms with Gasteiger partial charge in [0.2, 0.25) is 0 Å². The van der Waals surface area contributed by atoms with Gasteiger partial charge in [0.15, 0.2) is 5.78 Å². The molecule has 29 heavy (non-hydrogen) atoms. The smallest absolute Gasteiger partial charge is 0.186 e. The Labute approximate surface area is 176 Å². The fourth-order valence-electron chi connectivity index (χ4n) is 4.34. The van der Waals surface area contributed by atoms with E-state index in [4.69, 9.17) is 0 Å². The number of Topliss-reactive ketones (excluding diaryl/α,β-unsaturated/α-hetero) is 1. The van der Waals surface area contributed by atoms with Gasteiger partial charge >= 0.3 is 0 Å². The van der Waals surface area contributed by atoms with Crippen LogP contribution in [0, 0.1) is 10.8 Å². The van der Waals surface area contributed by atoms with Crippen LogP contribution in [0.5, 0.6) is 0 Å². The standard InChI is InChI=1S/C27H35NO/c1-25(2,3)20-16-18(17-21(24(20)29)26(4,5)6)14-15-23-27(7,8)19-12-10-11-13-22(19)28(23)9/h10-17H,1-9H3/b23-15-. The highest BCUT2D eigenvalue weighted by atomic mass is 16.1. The first-order chi connectivity index (χ1) is 13.2. The maximum atomic E-state index is 13.1. The van der Waals surface area contributed by atoms with Crippen LogP contribution in [-0.2, 0) is 10.2 Å². The summed E-state index contributed by atoms with van der Waals surface area (Å²) in [6.07, 6.45) is 8.54. The average Bonchev–Trinajstić information content (AvgIpc) is 2.79. The number of ketones is 1. The number of allylic oxidation sites excluding steroid dienone is 8. The summed E-state index contributed by atoms with van der Waals surface area (Å²) in [5, 5.41) is 0. The van der Waals surface area contributed by atoms with E-state index in [0.717, 1.165) is 16.7 Å². The minimum atomic E-state index is -0.187. The number of rotatable bonds is 1. The molecule has 2 nitrogen and oxygen atoms in total. The summed E-state index contributed by atoms with van der Waals surface area (Å²) in [7, 11) is 2.13. The molecule has 0 bridgehead atoms. The molecule has 2 aliphatic rings. The van der Waals surface area contributed by atoms with Crippen LogP contribution in [0.25, 0.3) is 0 Å². The fourth-order valence-corrected chi connectivity index (χ4v) is 4.34. The van der Waals surface area contributed by atoms with Gasteiger partial charge in [-0.25, -0.2) is 0 Å². The van der Waals surface area contributed by atoms with Crippen molar-refractivity contribution in [3.8, 4) is 0 Å². The van der Waals surface area contributed by atoms with Crippen molar-refractivity contribution in [2.75, 3.05) is 11.9 Å². The SMILES string of the molecule is CN1/C(=C\C=C2C=C(C(C)(C)C)C(=O)C(C(C)(C)C)=C2)C(C)(C)c2ccccc21. The third kappa shape index (κ3) is 3.77. The Morgan fingerprint density at radius 3 is 1.86 bits per heavy atom. The second kappa shape index (κ2) is 6.86. The highest BCUT2D eigenvalue weighted by molar-refractivity contribution is 6.11. The lowest BCUT2D eigenvalue weighted by molar-refractivity contribution is -0.114. The summed E-state index contributed by atoms with van der Waals surface area (Å²) in [5.41, 5.74) is 6.31. The Balaban J connectivity index is 2.10. The Morgan fingerprint density at radius 1 is 0.862 bits per heavy atom. The molecule has 3 rings (SSSR count). The zero-order valence-corrected chi connectivity index (χ0v) is 19.5. The van der Waals surface area contributed by atoms with Gasteiger partial charge in [-0.3, -0.25) is 4.79 Å². The molecule has 0 atom stereocenters. The van der Waals surface area contributed by atoms with E-state index in [2.05, 4.69) is 116 Å². The van der Waals surface area contributed by atoms with Crippen LogP contribution >= 0.6 is 0 Å². The van der Waals surface area contributed by atoms with Crippen molar-refractivity contribution in [1.82, 2.24) is 0 Å². The summed E-state index contributed by atoms with van der Waals surface area (Å²) in [4.78, 5) is 15.4. The van der Waals surface area contributed by atoms with Crippen molar-refractivity contribution in [2.45, 2.75) is 60.8 Å². The van der Waals surface area contributed by atoms with Crippen molar-refractivity contribution in [2.24, 2.45) is 10.8 Å². The van der Waals surface area contributed by atoms with Crippen LogP contribution in [0.3, 0.4) is 0 Å². The molecule has 0 radical (unpaired) electrons. The second-order valence-corrected chi connectivity index (χ2v) is 10.9. The molecule has 0 amide bonds. The topological polar surface area (TPSA) is 20.3 Å². The lowest BCUT2D eigenvalue weighted by Crippen LogP contribution is -2.28. The fraction of sp³-hybridized carbons (Fsp3) is 0.444. The third-order valence-electron chi connectivity index (χ3n) is 6.10. The minimum Gasteiger partial charge on any atom is -0.347 e. The number of carbonyl (C=O) groups is 1. The number of para-hydroxylation sites is 1. The van der Waals surface area contributed by atoms with Gasteiger partial charge in [0.1, 0.15) is 0 Å². The summed E-state index contributed by atoms with van der Waals surface area (Å²) in [6, 6.07) is 8.60. The lowest BCUT2D eigenvalue weighted by atomic mass is 9.72. The zero-order valence-electron chi connectivity index (χ0n) is 19.5. The number of anilines is 1. The first kappa shape index (κ1) is 21.4. The maximum absolute atomic E-state index is 13.1. The van der Waals surface area contributed by atoms with Crippen LogP contribution in [0.4, 0.5) is 5.69 Å². The molecule has 0 saturated heterocycles. The molecule has 1 aromatic rings. The highest BCUT2D eigenvalue weighted by Crippen LogP contribution is 2.47. The minimum absolute atomic E-state index is 0.0555. The number of hydrogen-bond donors (Lipinski definition) is 0. The number of hydrogen-bond acceptors (Lipinski definition) is 2. The van der Waals surface area contributed by atoms with Crippen LogP contribution < -0.4 is 4.90 Å². The van der Waals surface area contributed by atoms with Gasteiger partial charge in [-0.1, -0.05) is 79.7 Å². The van der Waals surface area contributed by atoms with Gasteiger partial charge in [-0.2, -0.15) is 0 Å². The molecule has 154 valence electrons. The summed E-state index contributed by atoms with van der Waals surface area (Å²) < 4.78 is 0. The van der Waals surface area contributed by atoms with E-state index in [9.17, 15) is 4.79 Å². The predicted octanol–water partition coefficient (Wildman–Crippen LogP) is 6.75. The molecular weight excluding hydrogens is 354 g/mol. The quantitative estimate of drug-likeness (QED) is 0.529. The van der Waals surface area contributed by atoms with Gasteiger partial charge in [-0.05, 0) is 46.3 Å². The molecule has 0 saturated carbocycles. The Morgan fingerprint density at radius 2 is 1.38 bits per heavy atom. The summed E-state index contributed by atoms with van der Waals surface area (Å²) in [6.45, 7) is 17.2. The van der Waals surface area contributed by atoms with E-state index in [1.54, 1.807) is 0 Å². The molecule has 0 unspecified atom stereocenters. The van der Waals surface area contributed by atoms with Crippen molar-refractivity contribution in [3.63, 3.8) is 0 Å². The second-order valence-electron chi connectivity index (χ2n) is 10.9. The molecule has 1 heterocycles. The molecule has 1 aliphatic carbocycles. The largest absolute Gasteiger partial charge is 0.347 e. The van der Waals surface area contributed by atoms with Gasteiger partial charge in [0.05, 0.1) is 0 Å². The number of likely N-dealkylation sites (N-methyl/N-ethyl adjacent to an activating group) is 1. The van der Waals surface area contributed by atoms with Gasteiger partial charge < -0.3 is 4.90 Å².